The van der Waals surface area contributed by atoms with Crippen molar-refractivity contribution >= 4 is 5.97 Å². The van der Waals surface area contributed by atoms with Gasteiger partial charge in [-0.2, -0.15) is 0 Å². The van der Waals surface area contributed by atoms with Crippen LogP contribution in [0.1, 0.15) is 65.5 Å². The van der Waals surface area contributed by atoms with Gasteiger partial charge in [0.05, 0.1) is 26.7 Å². The molecule has 0 aromatic heterocycles. The van der Waals surface area contributed by atoms with Crippen LogP contribution in [0.2, 0.25) is 0 Å². The lowest BCUT2D eigenvalue weighted by atomic mass is 9.90. The van der Waals surface area contributed by atoms with Crippen LogP contribution in [0.5, 0.6) is 17.2 Å². The minimum absolute atomic E-state index is 0.00188. The number of rotatable bonds is 8. The first kappa shape index (κ1) is 23.9. The molecule has 5 heteroatoms. The maximum Gasteiger partial charge on any atom is 0.306 e. The normalized spacial score (nSPS) is 19.6. The Morgan fingerprint density at radius 1 is 0.973 bits per heavy atom. The van der Waals surface area contributed by atoms with E-state index in [4.69, 9.17) is 18.9 Å². The lowest BCUT2D eigenvalue weighted by Crippen LogP contribution is -2.09. The number of fused-ring (bicyclic) bond motifs is 2. The van der Waals surface area contributed by atoms with E-state index in [0.717, 1.165) is 48.2 Å². The molecular weight excluding hydrogens is 464 g/mol. The Balaban J connectivity index is 1.22. The fourth-order valence-corrected chi connectivity index (χ4v) is 5.85. The lowest BCUT2D eigenvalue weighted by Gasteiger charge is -2.18. The van der Waals surface area contributed by atoms with E-state index in [0.29, 0.717) is 13.0 Å². The van der Waals surface area contributed by atoms with E-state index >= 15 is 0 Å². The third kappa shape index (κ3) is 4.79. The molecule has 2 atom stereocenters. The van der Waals surface area contributed by atoms with Crippen LogP contribution in [-0.2, 0) is 16.0 Å². The van der Waals surface area contributed by atoms with Gasteiger partial charge < -0.3 is 18.9 Å². The van der Waals surface area contributed by atoms with Gasteiger partial charge >= 0.3 is 5.97 Å². The Bertz CT molecular complexity index is 1320. The van der Waals surface area contributed by atoms with Gasteiger partial charge in [0, 0.05) is 17.5 Å². The van der Waals surface area contributed by atoms with Crippen molar-refractivity contribution in [2.45, 2.75) is 58.0 Å². The molecule has 0 N–H and O–H groups in total. The molecule has 3 aromatic rings. The Morgan fingerprint density at radius 3 is 2.54 bits per heavy atom. The maximum atomic E-state index is 11.7. The zero-order valence-electron chi connectivity index (χ0n) is 21.8. The summed E-state index contributed by atoms with van der Waals surface area (Å²) in [6.07, 6.45) is 4.85. The zero-order valence-corrected chi connectivity index (χ0v) is 21.8. The highest BCUT2D eigenvalue weighted by atomic mass is 16.5. The molecule has 3 aromatic carbocycles. The van der Waals surface area contributed by atoms with Crippen LogP contribution in [0.25, 0.3) is 11.1 Å². The Kier molecular flexibility index (Phi) is 6.31. The molecule has 1 saturated carbocycles. The molecule has 1 unspecified atom stereocenters. The fraction of sp³-hybridized carbons (Fsp3) is 0.406. The summed E-state index contributed by atoms with van der Waals surface area (Å²) in [6.45, 7) is 5.70. The van der Waals surface area contributed by atoms with E-state index in [1.54, 1.807) is 0 Å². The smallest absolute Gasteiger partial charge is 0.306 e. The van der Waals surface area contributed by atoms with E-state index in [1.807, 2.05) is 18.2 Å². The molecule has 0 bridgehead atoms. The second-order valence-corrected chi connectivity index (χ2v) is 10.7. The molecule has 0 amide bonds. The van der Waals surface area contributed by atoms with Gasteiger partial charge in [-0.3, -0.25) is 4.79 Å². The van der Waals surface area contributed by atoms with Crippen LogP contribution in [0.15, 0.2) is 48.5 Å². The summed E-state index contributed by atoms with van der Waals surface area (Å²) in [4.78, 5) is 11.7. The molecule has 2 aliphatic carbocycles. The highest BCUT2D eigenvalue weighted by Gasteiger charge is 2.30. The monoisotopic (exact) mass is 498 g/mol. The van der Waals surface area contributed by atoms with Crippen molar-refractivity contribution in [1.29, 1.82) is 0 Å². The predicted octanol–water partition coefficient (Wildman–Crippen LogP) is 6.86. The largest absolute Gasteiger partial charge is 0.493 e. The van der Waals surface area contributed by atoms with Crippen molar-refractivity contribution in [1.82, 2.24) is 0 Å². The van der Waals surface area contributed by atoms with Crippen LogP contribution >= 0.6 is 0 Å². The highest BCUT2D eigenvalue weighted by Crippen LogP contribution is 2.44. The average molecular weight is 499 g/mol. The molecule has 192 valence electrons. The molecule has 3 aliphatic rings. The minimum atomic E-state index is -0.217. The molecule has 1 fully saturated rings. The fourth-order valence-electron chi connectivity index (χ4n) is 5.85. The van der Waals surface area contributed by atoms with Crippen LogP contribution in [0.3, 0.4) is 0 Å². The van der Waals surface area contributed by atoms with Gasteiger partial charge in [-0.1, -0.05) is 24.3 Å². The summed E-state index contributed by atoms with van der Waals surface area (Å²) >= 11 is 0. The highest BCUT2D eigenvalue weighted by molar-refractivity contribution is 5.76. The van der Waals surface area contributed by atoms with Gasteiger partial charge in [-0.05, 0) is 97.0 Å². The minimum Gasteiger partial charge on any atom is -0.493 e. The van der Waals surface area contributed by atoms with Gasteiger partial charge in [-0.15, -0.1) is 0 Å². The van der Waals surface area contributed by atoms with Crippen molar-refractivity contribution in [2.75, 3.05) is 20.3 Å². The summed E-state index contributed by atoms with van der Waals surface area (Å²) < 4.78 is 23.3. The van der Waals surface area contributed by atoms with Crippen molar-refractivity contribution in [3.05, 3.63) is 76.3 Å². The van der Waals surface area contributed by atoms with Crippen molar-refractivity contribution < 1.29 is 23.7 Å². The predicted molar refractivity (Wildman–Crippen MR) is 143 cm³/mol. The van der Waals surface area contributed by atoms with Gasteiger partial charge in [0.25, 0.3) is 0 Å². The van der Waals surface area contributed by atoms with Crippen molar-refractivity contribution in [3.8, 4) is 28.4 Å². The van der Waals surface area contributed by atoms with E-state index < -0.39 is 0 Å². The Labute approximate surface area is 218 Å². The van der Waals surface area contributed by atoms with Crippen molar-refractivity contribution in [3.63, 3.8) is 0 Å². The number of benzene rings is 3. The second kappa shape index (κ2) is 9.77. The van der Waals surface area contributed by atoms with Gasteiger partial charge in [0.15, 0.2) is 0 Å². The summed E-state index contributed by atoms with van der Waals surface area (Å²) in [5, 5.41) is 0. The number of carbonyl (C=O) groups is 1. The summed E-state index contributed by atoms with van der Waals surface area (Å²) in [5.74, 6) is 3.13. The van der Waals surface area contributed by atoms with Crippen LogP contribution in [0.4, 0.5) is 0 Å². The first-order chi connectivity index (χ1) is 18.0. The Hall–Kier alpha value is -3.47. The first-order valence-electron chi connectivity index (χ1n) is 13.4. The molecule has 37 heavy (non-hydrogen) atoms. The van der Waals surface area contributed by atoms with Gasteiger partial charge in [0.2, 0.25) is 0 Å². The molecule has 0 radical (unpaired) electrons. The topological polar surface area (TPSA) is 54.0 Å². The first-order valence-corrected chi connectivity index (χ1v) is 13.4. The number of hydrogen-bond acceptors (Lipinski definition) is 5. The molecule has 0 spiro atoms. The standard InChI is InChI=1S/C32H34O5/c1-19-13-24(35-17-21-7-8-21)14-20(2)32(19)28-6-4-5-27-26(28)11-12-29(27)37-23-9-10-25-22(15-31(33)34-3)18-36-30(25)16-23/h4-6,9-10,13-14,16,21-22,29H,7-8,11-12,15,17-18H2,1-3H3/t22-,29?/m1/s1. The van der Waals surface area contributed by atoms with E-state index in [2.05, 4.69) is 44.2 Å². The van der Waals surface area contributed by atoms with Crippen LogP contribution < -0.4 is 14.2 Å². The quantitative estimate of drug-likeness (QED) is 0.318. The summed E-state index contributed by atoms with van der Waals surface area (Å²) in [6, 6.07) is 16.9. The number of aryl methyl sites for hydroxylation is 2. The third-order valence-electron chi connectivity index (χ3n) is 7.96. The van der Waals surface area contributed by atoms with E-state index in [9.17, 15) is 4.79 Å². The molecule has 1 heterocycles. The number of carbonyl (C=O) groups excluding carboxylic acids is 1. The van der Waals surface area contributed by atoms with Gasteiger partial charge in [0.1, 0.15) is 23.4 Å². The van der Waals surface area contributed by atoms with E-state index in [1.165, 1.54) is 53.3 Å². The third-order valence-corrected chi connectivity index (χ3v) is 7.96. The number of esters is 1. The second-order valence-electron chi connectivity index (χ2n) is 10.7. The molecule has 1 aliphatic heterocycles. The lowest BCUT2D eigenvalue weighted by molar-refractivity contribution is -0.141. The number of hydrogen-bond donors (Lipinski definition) is 0. The average Bonchev–Trinajstić information content (AvgIpc) is 3.52. The van der Waals surface area contributed by atoms with Crippen LogP contribution in [0, 0.1) is 19.8 Å². The molecule has 6 rings (SSSR count). The van der Waals surface area contributed by atoms with Crippen molar-refractivity contribution in [2.24, 2.45) is 5.92 Å². The van der Waals surface area contributed by atoms with Crippen LogP contribution in [-0.4, -0.2) is 26.3 Å². The van der Waals surface area contributed by atoms with E-state index in [-0.39, 0.29) is 18.0 Å². The Morgan fingerprint density at radius 2 is 1.78 bits per heavy atom. The number of ether oxygens (including phenoxy) is 4. The molecular formula is C32H34O5. The molecule has 5 nitrogen and oxygen atoms in total. The molecule has 0 saturated heterocycles. The SMILES string of the molecule is COC(=O)C[C@@H]1COc2cc(OC3CCc4c(-c5c(C)cc(OCC6CC6)cc5C)cccc43)ccc21. The summed E-state index contributed by atoms with van der Waals surface area (Å²) in [7, 11) is 1.42. The van der Waals surface area contributed by atoms with Gasteiger partial charge in [-0.25, -0.2) is 0 Å². The zero-order chi connectivity index (χ0) is 25.5. The number of methoxy groups -OCH3 is 1. The summed E-state index contributed by atoms with van der Waals surface area (Å²) in [5.41, 5.74) is 8.79. The maximum absolute atomic E-state index is 11.7.